The van der Waals surface area contributed by atoms with E-state index in [2.05, 4.69) is 0 Å². The maximum absolute atomic E-state index is 13.5. The van der Waals surface area contributed by atoms with Crippen molar-refractivity contribution in [2.75, 3.05) is 20.8 Å². The van der Waals surface area contributed by atoms with Gasteiger partial charge in [-0.25, -0.2) is 9.59 Å². The maximum atomic E-state index is 13.5. The molecular formula is C28H33NO8. The SMILES string of the molecule is COC(=O)c1cc(C)ccc1O[C@@H]1CN(C(=O)c2ccccc2)[C@H](C(=O)OC)[C@H]1CC(=O)OC(C)(C)C. The largest absolute Gasteiger partial charge is 0.487 e. The van der Waals surface area contributed by atoms with Gasteiger partial charge in [0.05, 0.1) is 27.2 Å². The number of rotatable bonds is 7. The Kier molecular flexibility index (Phi) is 8.57. The van der Waals surface area contributed by atoms with Gasteiger partial charge in [-0.2, -0.15) is 0 Å². The molecule has 37 heavy (non-hydrogen) atoms. The molecule has 3 atom stereocenters. The van der Waals surface area contributed by atoms with Crippen molar-refractivity contribution in [1.82, 2.24) is 4.90 Å². The van der Waals surface area contributed by atoms with E-state index in [-0.39, 0.29) is 24.3 Å². The van der Waals surface area contributed by atoms with E-state index in [1.807, 2.05) is 6.92 Å². The van der Waals surface area contributed by atoms with Gasteiger partial charge in [-0.15, -0.1) is 0 Å². The zero-order chi connectivity index (χ0) is 27.3. The second kappa shape index (κ2) is 11.5. The highest BCUT2D eigenvalue weighted by atomic mass is 16.6. The number of amides is 1. The summed E-state index contributed by atoms with van der Waals surface area (Å²) in [6.45, 7) is 7.03. The fraction of sp³-hybridized carbons (Fsp3) is 0.429. The van der Waals surface area contributed by atoms with Crippen LogP contribution in [0, 0.1) is 12.8 Å². The van der Waals surface area contributed by atoms with Crippen LogP contribution in [0.2, 0.25) is 0 Å². The van der Waals surface area contributed by atoms with Crippen LogP contribution in [0.1, 0.15) is 53.5 Å². The van der Waals surface area contributed by atoms with E-state index in [0.29, 0.717) is 5.56 Å². The van der Waals surface area contributed by atoms with Crippen LogP contribution in [0.4, 0.5) is 0 Å². The van der Waals surface area contributed by atoms with Crippen molar-refractivity contribution in [3.8, 4) is 5.75 Å². The molecule has 0 radical (unpaired) electrons. The number of methoxy groups -OCH3 is 2. The van der Waals surface area contributed by atoms with Gasteiger partial charge in [-0.3, -0.25) is 9.59 Å². The lowest BCUT2D eigenvalue weighted by atomic mass is 9.93. The minimum Gasteiger partial charge on any atom is -0.487 e. The highest BCUT2D eigenvalue weighted by molar-refractivity contribution is 5.97. The third-order valence-corrected chi connectivity index (χ3v) is 5.96. The summed E-state index contributed by atoms with van der Waals surface area (Å²) in [7, 11) is 2.49. The standard InChI is InChI=1S/C28H33NO8/c1-17-12-13-21(20(14-17)26(32)34-5)36-22-16-29(25(31)18-10-8-7-9-11-18)24(27(33)35-6)19(22)15-23(30)37-28(2,3)4/h7-14,19,22,24H,15-16H2,1-6H3/t19-,22+,24-/m0/s1. The molecule has 1 fully saturated rings. The summed E-state index contributed by atoms with van der Waals surface area (Å²) >= 11 is 0. The smallest absolute Gasteiger partial charge is 0.341 e. The topological polar surface area (TPSA) is 108 Å². The average Bonchev–Trinajstić information content (AvgIpc) is 3.20. The summed E-state index contributed by atoms with van der Waals surface area (Å²) in [6, 6.07) is 12.4. The first-order valence-electron chi connectivity index (χ1n) is 12.0. The van der Waals surface area contributed by atoms with E-state index in [1.165, 1.54) is 19.1 Å². The molecule has 1 aliphatic rings. The van der Waals surface area contributed by atoms with Gasteiger partial charge in [0.15, 0.2) is 0 Å². The Morgan fingerprint density at radius 3 is 2.24 bits per heavy atom. The maximum Gasteiger partial charge on any atom is 0.341 e. The van der Waals surface area contributed by atoms with Gasteiger partial charge >= 0.3 is 17.9 Å². The molecule has 3 rings (SSSR count). The Labute approximate surface area is 216 Å². The van der Waals surface area contributed by atoms with Crippen LogP contribution in [0.3, 0.4) is 0 Å². The summed E-state index contributed by atoms with van der Waals surface area (Å²) in [5, 5.41) is 0. The van der Waals surface area contributed by atoms with Crippen LogP contribution in [-0.4, -0.2) is 67.2 Å². The van der Waals surface area contributed by atoms with Gasteiger partial charge in [0.1, 0.15) is 29.1 Å². The number of hydrogen-bond acceptors (Lipinski definition) is 8. The first kappa shape index (κ1) is 27.7. The Balaban J connectivity index is 2.04. The number of aryl methyl sites for hydroxylation is 1. The molecule has 1 aliphatic heterocycles. The highest BCUT2D eigenvalue weighted by Crippen LogP contribution is 2.35. The number of carbonyl (C=O) groups excluding carboxylic acids is 4. The Bertz CT molecular complexity index is 1150. The summed E-state index contributed by atoms with van der Waals surface area (Å²) in [6.07, 6.45) is -1.03. The quantitative estimate of drug-likeness (QED) is 0.410. The number of benzene rings is 2. The van der Waals surface area contributed by atoms with Crippen LogP contribution in [-0.2, 0) is 23.8 Å². The lowest BCUT2D eigenvalue weighted by molar-refractivity contribution is -0.157. The molecule has 1 amide bonds. The number of likely N-dealkylation sites (tertiary alicyclic amines) is 1. The predicted molar refractivity (Wildman–Crippen MR) is 134 cm³/mol. The van der Waals surface area contributed by atoms with Crippen molar-refractivity contribution < 1.29 is 38.1 Å². The van der Waals surface area contributed by atoms with E-state index < -0.39 is 47.5 Å². The highest BCUT2D eigenvalue weighted by Gasteiger charge is 2.51. The number of carbonyl (C=O) groups is 4. The molecule has 1 saturated heterocycles. The normalized spacial score (nSPS) is 19.2. The van der Waals surface area contributed by atoms with E-state index in [9.17, 15) is 19.2 Å². The summed E-state index contributed by atoms with van der Waals surface area (Å²) in [5.74, 6) is -2.82. The molecule has 0 saturated carbocycles. The molecular weight excluding hydrogens is 478 g/mol. The van der Waals surface area contributed by atoms with E-state index >= 15 is 0 Å². The lowest BCUT2D eigenvalue weighted by Gasteiger charge is -2.27. The van der Waals surface area contributed by atoms with Crippen molar-refractivity contribution in [3.05, 3.63) is 65.2 Å². The molecule has 1 heterocycles. The van der Waals surface area contributed by atoms with Crippen molar-refractivity contribution in [1.29, 1.82) is 0 Å². The molecule has 0 unspecified atom stereocenters. The van der Waals surface area contributed by atoms with E-state index in [4.69, 9.17) is 18.9 Å². The second-order valence-corrected chi connectivity index (χ2v) is 9.89. The number of hydrogen-bond donors (Lipinski definition) is 0. The number of esters is 3. The first-order valence-corrected chi connectivity index (χ1v) is 12.0. The Hall–Kier alpha value is -3.88. The molecule has 2 aromatic rings. The lowest BCUT2D eigenvalue weighted by Crippen LogP contribution is -2.44. The molecule has 0 spiro atoms. The molecule has 2 aromatic carbocycles. The molecule has 0 N–H and O–H groups in total. The molecule has 198 valence electrons. The van der Waals surface area contributed by atoms with E-state index in [0.717, 1.165) is 5.56 Å². The number of nitrogens with zero attached hydrogens (tertiary/aromatic N) is 1. The zero-order valence-corrected chi connectivity index (χ0v) is 22.0. The van der Waals surface area contributed by atoms with Crippen LogP contribution in [0.25, 0.3) is 0 Å². The van der Waals surface area contributed by atoms with Crippen LogP contribution >= 0.6 is 0 Å². The third kappa shape index (κ3) is 6.67. The number of ether oxygens (including phenoxy) is 4. The molecule has 9 nitrogen and oxygen atoms in total. The minimum absolute atomic E-state index is 0.0184. The Morgan fingerprint density at radius 1 is 0.973 bits per heavy atom. The summed E-state index contributed by atoms with van der Waals surface area (Å²) < 4.78 is 21.7. The van der Waals surface area contributed by atoms with Crippen LogP contribution in [0.15, 0.2) is 48.5 Å². The van der Waals surface area contributed by atoms with Gasteiger partial charge in [0, 0.05) is 11.5 Å². The van der Waals surface area contributed by atoms with Crippen molar-refractivity contribution >= 4 is 23.8 Å². The zero-order valence-electron chi connectivity index (χ0n) is 22.0. The fourth-order valence-corrected chi connectivity index (χ4v) is 4.38. The Morgan fingerprint density at radius 2 is 1.65 bits per heavy atom. The van der Waals surface area contributed by atoms with Crippen molar-refractivity contribution in [2.24, 2.45) is 5.92 Å². The van der Waals surface area contributed by atoms with Gasteiger partial charge in [-0.1, -0.05) is 29.8 Å². The summed E-state index contributed by atoms with van der Waals surface area (Å²) in [5.41, 5.74) is 0.638. The fourth-order valence-electron chi connectivity index (χ4n) is 4.38. The average molecular weight is 512 g/mol. The van der Waals surface area contributed by atoms with Crippen molar-refractivity contribution in [2.45, 2.75) is 51.9 Å². The van der Waals surface area contributed by atoms with Gasteiger partial charge in [0.25, 0.3) is 5.91 Å². The predicted octanol–water partition coefficient (Wildman–Crippen LogP) is 3.57. The van der Waals surface area contributed by atoms with Crippen LogP contribution in [0.5, 0.6) is 5.75 Å². The first-order chi connectivity index (χ1) is 17.4. The van der Waals surface area contributed by atoms with Crippen LogP contribution < -0.4 is 4.74 Å². The van der Waals surface area contributed by atoms with Gasteiger partial charge < -0.3 is 23.8 Å². The summed E-state index contributed by atoms with van der Waals surface area (Å²) in [4.78, 5) is 53.1. The molecule has 9 heteroatoms. The molecule has 0 bridgehead atoms. The van der Waals surface area contributed by atoms with Gasteiger partial charge in [0.2, 0.25) is 0 Å². The van der Waals surface area contributed by atoms with Gasteiger partial charge in [-0.05, 0) is 52.0 Å². The third-order valence-electron chi connectivity index (χ3n) is 5.96. The van der Waals surface area contributed by atoms with E-state index in [1.54, 1.807) is 69.3 Å². The molecule has 0 aromatic heterocycles. The minimum atomic E-state index is -1.11. The second-order valence-electron chi connectivity index (χ2n) is 9.89. The monoisotopic (exact) mass is 511 g/mol. The molecule has 0 aliphatic carbocycles. The van der Waals surface area contributed by atoms with Crippen molar-refractivity contribution in [3.63, 3.8) is 0 Å².